The second-order valence-electron chi connectivity index (χ2n) is 9.48. The molecule has 4 aromatic carbocycles. The maximum atomic E-state index is 5.28. The van der Waals surface area contributed by atoms with Crippen LogP contribution in [0.5, 0.6) is 0 Å². The van der Waals surface area contributed by atoms with Gasteiger partial charge in [0.1, 0.15) is 0 Å². The predicted octanol–water partition coefficient (Wildman–Crippen LogP) is 9.28. The highest BCUT2D eigenvalue weighted by Crippen LogP contribution is 2.43. The second-order valence-corrected chi connectivity index (χ2v) is 10.5. The molecule has 178 valence electrons. The van der Waals surface area contributed by atoms with Gasteiger partial charge in [0.15, 0.2) is 0 Å². The third-order valence-corrected chi connectivity index (χ3v) is 8.53. The molecule has 4 aromatic heterocycles. The molecule has 0 spiro atoms. The quantitative estimate of drug-likeness (QED) is 0.240. The van der Waals surface area contributed by atoms with Crippen LogP contribution in [0.2, 0.25) is 0 Å². The lowest BCUT2D eigenvalue weighted by molar-refractivity contribution is 1.18. The minimum Gasteiger partial charge on any atom is -0.308 e. The van der Waals surface area contributed by atoms with E-state index in [1.807, 2.05) is 41.9 Å². The first-order valence-electron chi connectivity index (χ1n) is 12.7. The number of hydrogen-bond donors (Lipinski definition) is 0. The van der Waals surface area contributed by atoms with Crippen molar-refractivity contribution < 1.29 is 0 Å². The van der Waals surface area contributed by atoms with Crippen molar-refractivity contribution in [3.63, 3.8) is 0 Å². The zero-order chi connectivity index (χ0) is 25.1. The summed E-state index contributed by atoms with van der Waals surface area (Å²) in [5.41, 5.74) is 8.90. The molecule has 0 atom stereocenters. The van der Waals surface area contributed by atoms with Gasteiger partial charge in [-0.15, -0.1) is 11.3 Å². The first-order chi connectivity index (χ1) is 18.8. The van der Waals surface area contributed by atoms with Gasteiger partial charge in [0, 0.05) is 49.2 Å². The third kappa shape index (κ3) is 3.21. The number of hydrogen-bond acceptors (Lipinski definition) is 3. The van der Waals surface area contributed by atoms with Crippen molar-refractivity contribution in [2.24, 2.45) is 0 Å². The van der Waals surface area contributed by atoms with Gasteiger partial charge in [0.05, 0.1) is 22.2 Å². The van der Waals surface area contributed by atoms with Gasteiger partial charge in [-0.2, -0.15) is 0 Å². The molecule has 0 saturated heterocycles. The van der Waals surface area contributed by atoms with E-state index < -0.39 is 0 Å². The number of fused-ring (bicyclic) bond motifs is 7. The van der Waals surface area contributed by atoms with E-state index in [2.05, 4.69) is 107 Å². The average Bonchev–Trinajstić information content (AvgIpc) is 3.53. The molecule has 38 heavy (non-hydrogen) atoms. The summed E-state index contributed by atoms with van der Waals surface area (Å²) in [6, 6.07) is 40.9. The van der Waals surface area contributed by atoms with Crippen LogP contribution < -0.4 is 0 Å². The lowest BCUT2D eigenvalue weighted by Gasteiger charge is -2.09. The molecule has 3 nitrogen and oxygen atoms in total. The number of nitrogens with zero attached hydrogens (tertiary/aromatic N) is 3. The lowest BCUT2D eigenvalue weighted by atomic mass is 10.1. The van der Waals surface area contributed by atoms with Gasteiger partial charge in [-0.1, -0.05) is 66.7 Å². The van der Waals surface area contributed by atoms with Crippen molar-refractivity contribution in [3.8, 4) is 28.1 Å². The Bertz CT molecular complexity index is 2110. The van der Waals surface area contributed by atoms with E-state index in [1.165, 1.54) is 36.6 Å². The first-order valence-corrected chi connectivity index (χ1v) is 13.5. The first kappa shape index (κ1) is 21.3. The van der Waals surface area contributed by atoms with E-state index in [1.54, 1.807) is 0 Å². The fourth-order valence-electron chi connectivity index (χ4n) is 5.53. The molecule has 4 heteroatoms. The Hall–Kier alpha value is -4.80. The predicted molar refractivity (Wildman–Crippen MR) is 160 cm³/mol. The van der Waals surface area contributed by atoms with Gasteiger partial charge < -0.3 is 4.57 Å². The number of thiophene rings is 1. The zero-order valence-corrected chi connectivity index (χ0v) is 21.2. The van der Waals surface area contributed by atoms with Crippen LogP contribution >= 0.6 is 11.3 Å². The Morgan fingerprint density at radius 2 is 1.29 bits per heavy atom. The Morgan fingerprint density at radius 3 is 2.13 bits per heavy atom. The van der Waals surface area contributed by atoms with Gasteiger partial charge in [0.2, 0.25) is 0 Å². The molecule has 0 fully saturated rings. The van der Waals surface area contributed by atoms with Crippen molar-refractivity contribution in [1.29, 1.82) is 0 Å². The molecule has 8 aromatic rings. The zero-order valence-electron chi connectivity index (χ0n) is 20.4. The Kier molecular flexibility index (Phi) is 4.69. The van der Waals surface area contributed by atoms with E-state index in [9.17, 15) is 0 Å². The summed E-state index contributed by atoms with van der Waals surface area (Å²) in [6.45, 7) is 0. The highest BCUT2D eigenvalue weighted by atomic mass is 32.1. The number of benzene rings is 4. The summed E-state index contributed by atoms with van der Waals surface area (Å²) in [5, 5.41) is 3.81. The van der Waals surface area contributed by atoms with Crippen LogP contribution in [-0.2, 0) is 0 Å². The van der Waals surface area contributed by atoms with Gasteiger partial charge >= 0.3 is 0 Å². The van der Waals surface area contributed by atoms with Crippen molar-refractivity contribution >= 4 is 53.4 Å². The van der Waals surface area contributed by atoms with Gasteiger partial charge in [0.25, 0.3) is 0 Å². The minimum atomic E-state index is 0.989. The Balaban J connectivity index is 1.44. The molecule has 0 unspecified atom stereocenters. The summed E-state index contributed by atoms with van der Waals surface area (Å²) in [6.07, 6.45) is 3.67. The largest absolute Gasteiger partial charge is 0.308 e. The number of aromatic nitrogens is 3. The van der Waals surface area contributed by atoms with Gasteiger partial charge in [-0.25, -0.2) is 4.98 Å². The summed E-state index contributed by atoms with van der Waals surface area (Å²) in [7, 11) is 0. The molecule has 0 aliphatic rings. The summed E-state index contributed by atoms with van der Waals surface area (Å²) in [4.78, 5) is 9.44. The molecule has 0 aliphatic carbocycles. The number of rotatable bonds is 3. The molecule has 0 aliphatic heterocycles. The molecule has 0 saturated carbocycles. The van der Waals surface area contributed by atoms with Crippen molar-refractivity contribution in [1.82, 2.24) is 14.5 Å². The SMILES string of the molecule is c1ccc(-c2ccc3c(n2)c2c4sc5ccccc5c4ccc2n3-c2ccc(-c3ccncc3)cc2)cc1. The van der Waals surface area contributed by atoms with Gasteiger partial charge in [-0.3, -0.25) is 4.98 Å². The molecule has 0 amide bonds. The van der Waals surface area contributed by atoms with Crippen LogP contribution in [0.3, 0.4) is 0 Å². The maximum Gasteiger partial charge on any atom is 0.0985 e. The van der Waals surface area contributed by atoms with Crippen LogP contribution in [0, 0.1) is 0 Å². The smallest absolute Gasteiger partial charge is 0.0985 e. The molecule has 0 radical (unpaired) electrons. The van der Waals surface area contributed by atoms with E-state index in [-0.39, 0.29) is 0 Å². The normalized spacial score (nSPS) is 11.7. The van der Waals surface area contributed by atoms with E-state index in [0.717, 1.165) is 33.5 Å². The van der Waals surface area contributed by atoms with E-state index in [4.69, 9.17) is 4.98 Å². The highest BCUT2D eigenvalue weighted by molar-refractivity contribution is 7.26. The molecule has 8 rings (SSSR count). The van der Waals surface area contributed by atoms with E-state index >= 15 is 0 Å². The van der Waals surface area contributed by atoms with Crippen LogP contribution in [0.25, 0.3) is 70.2 Å². The van der Waals surface area contributed by atoms with Crippen LogP contribution in [-0.4, -0.2) is 14.5 Å². The minimum absolute atomic E-state index is 0.989. The summed E-state index contributed by atoms with van der Waals surface area (Å²) >= 11 is 1.86. The van der Waals surface area contributed by atoms with Crippen molar-refractivity contribution in [3.05, 3.63) is 128 Å². The summed E-state index contributed by atoms with van der Waals surface area (Å²) < 4.78 is 4.95. The molecule has 0 bridgehead atoms. The summed E-state index contributed by atoms with van der Waals surface area (Å²) in [5.74, 6) is 0. The van der Waals surface area contributed by atoms with Crippen molar-refractivity contribution in [2.75, 3.05) is 0 Å². The van der Waals surface area contributed by atoms with Crippen molar-refractivity contribution in [2.45, 2.75) is 0 Å². The average molecular weight is 504 g/mol. The molecule has 4 heterocycles. The van der Waals surface area contributed by atoms with Crippen LogP contribution in [0.15, 0.2) is 128 Å². The van der Waals surface area contributed by atoms with Gasteiger partial charge in [-0.05, 0) is 59.7 Å². The standard InChI is InChI=1S/C34H21N3S/c1-2-6-24(7-3-1)28-15-17-30-33(36-28)32-29(16-14-27-26-8-4-5-9-31(26)38-34(27)32)37(30)25-12-10-22(11-13-25)23-18-20-35-21-19-23/h1-21H. The Labute approximate surface area is 223 Å². The molecular formula is C34H21N3S. The fourth-order valence-corrected chi connectivity index (χ4v) is 6.78. The molecular weight excluding hydrogens is 482 g/mol. The fraction of sp³-hybridized carbons (Fsp3) is 0. The van der Waals surface area contributed by atoms with Crippen LogP contribution in [0.1, 0.15) is 0 Å². The monoisotopic (exact) mass is 503 g/mol. The Morgan fingerprint density at radius 1 is 0.553 bits per heavy atom. The topological polar surface area (TPSA) is 30.7 Å². The maximum absolute atomic E-state index is 5.28. The second kappa shape index (κ2) is 8.37. The third-order valence-electron chi connectivity index (χ3n) is 7.33. The molecule has 0 N–H and O–H groups in total. The van der Waals surface area contributed by atoms with Crippen LogP contribution in [0.4, 0.5) is 0 Å². The lowest BCUT2D eigenvalue weighted by Crippen LogP contribution is -1.94. The highest BCUT2D eigenvalue weighted by Gasteiger charge is 2.19. The van der Waals surface area contributed by atoms with E-state index in [0.29, 0.717) is 0 Å². The number of pyridine rings is 2.